The molecular formula is C16H21F4N. The highest BCUT2D eigenvalue weighted by atomic mass is 19.4. The normalized spacial score (nSPS) is 26.9. The Bertz CT molecular complexity index is 484. The van der Waals surface area contributed by atoms with Crippen LogP contribution in [0.1, 0.15) is 49.7 Å². The van der Waals surface area contributed by atoms with Crippen LogP contribution in [0.25, 0.3) is 0 Å². The van der Waals surface area contributed by atoms with Gasteiger partial charge >= 0.3 is 6.18 Å². The largest absolute Gasteiger partial charge is 0.419 e. The van der Waals surface area contributed by atoms with Crippen molar-refractivity contribution in [1.29, 1.82) is 0 Å². The van der Waals surface area contributed by atoms with Gasteiger partial charge < -0.3 is 5.73 Å². The molecule has 0 radical (unpaired) electrons. The van der Waals surface area contributed by atoms with Crippen LogP contribution in [0.3, 0.4) is 0 Å². The van der Waals surface area contributed by atoms with E-state index < -0.39 is 17.6 Å². The molecule has 0 aliphatic heterocycles. The monoisotopic (exact) mass is 303 g/mol. The molecular weight excluding hydrogens is 282 g/mol. The van der Waals surface area contributed by atoms with Crippen molar-refractivity contribution in [2.24, 2.45) is 17.6 Å². The molecule has 0 amide bonds. The van der Waals surface area contributed by atoms with Crippen LogP contribution in [0.5, 0.6) is 0 Å². The molecule has 1 aromatic rings. The molecule has 0 saturated heterocycles. The number of hydrogen-bond acceptors (Lipinski definition) is 1. The quantitative estimate of drug-likeness (QED) is 0.804. The average molecular weight is 303 g/mol. The lowest BCUT2D eigenvalue weighted by Gasteiger charge is -2.36. The van der Waals surface area contributed by atoms with Crippen molar-refractivity contribution in [3.05, 3.63) is 35.1 Å². The van der Waals surface area contributed by atoms with E-state index in [9.17, 15) is 17.6 Å². The first kappa shape index (κ1) is 16.3. The first-order chi connectivity index (χ1) is 9.86. The lowest BCUT2D eigenvalue weighted by molar-refractivity contribution is -0.140. The minimum atomic E-state index is -4.66. The molecule has 118 valence electrons. The van der Waals surface area contributed by atoms with E-state index in [1.807, 2.05) is 0 Å². The number of halogens is 4. The summed E-state index contributed by atoms with van der Waals surface area (Å²) in [6, 6.07) is 3.39. The molecule has 1 nitrogen and oxygen atoms in total. The molecule has 0 spiro atoms. The van der Waals surface area contributed by atoms with Gasteiger partial charge in [0.15, 0.2) is 0 Å². The number of benzene rings is 1. The van der Waals surface area contributed by atoms with E-state index in [-0.39, 0.29) is 11.8 Å². The molecule has 1 aliphatic carbocycles. The summed E-state index contributed by atoms with van der Waals surface area (Å²) in [6.07, 6.45) is -0.805. The first-order valence-corrected chi connectivity index (χ1v) is 7.43. The molecule has 1 fully saturated rings. The topological polar surface area (TPSA) is 26.0 Å². The standard InChI is InChI=1S/C16H21F4N/c1-2-10-3-4-12(9-21)13(7-10)11-5-6-15(17)14(8-11)16(18,19)20/h5-6,8,10,12-13H,2-4,7,9,21H2,1H3. The Balaban J connectivity index is 2.34. The molecule has 2 rings (SSSR count). The molecule has 2 N–H and O–H groups in total. The molecule has 1 saturated carbocycles. The van der Waals surface area contributed by atoms with Gasteiger partial charge in [-0.05, 0) is 54.8 Å². The van der Waals surface area contributed by atoms with Crippen molar-refractivity contribution in [1.82, 2.24) is 0 Å². The average Bonchev–Trinajstić information content (AvgIpc) is 2.46. The highest BCUT2D eigenvalue weighted by Crippen LogP contribution is 2.43. The summed E-state index contributed by atoms with van der Waals surface area (Å²) in [7, 11) is 0. The summed E-state index contributed by atoms with van der Waals surface area (Å²) < 4.78 is 52.0. The summed E-state index contributed by atoms with van der Waals surface area (Å²) in [6.45, 7) is 2.55. The van der Waals surface area contributed by atoms with E-state index >= 15 is 0 Å². The molecule has 0 heterocycles. The molecule has 1 aromatic carbocycles. The van der Waals surface area contributed by atoms with E-state index in [1.54, 1.807) is 0 Å². The van der Waals surface area contributed by atoms with Gasteiger partial charge in [-0.25, -0.2) is 4.39 Å². The van der Waals surface area contributed by atoms with E-state index in [2.05, 4.69) is 6.92 Å². The van der Waals surface area contributed by atoms with Gasteiger partial charge in [0.25, 0.3) is 0 Å². The highest BCUT2D eigenvalue weighted by Gasteiger charge is 2.36. The Labute approximate surface area is 122 Å². The fraction of sp³-hybridized carbons (Fsp3) is 0.625. The first-order valence-electron chi connectivity index (χ1n) is 7.43. The van der Waals surface area contributed by atoms with Crippen LogP contribution in [0.4, 0.5) is 17.6 Å². The maximum Gasteiger partial charge on any atom is 0.419 e. The summed E-state index contributed by atoms with van der Waals surface area (Å²) in [4.78, 5) is 0. The summed E-state index contributed by atoms with van der Waals surface area (Å²) in [5, 5.41) is 0. The van der Waals surface area contributed by atoms with Gasteiger partial charge in [0.1, 0.15) is 5.82 Å². The molecule has 0 bridgehead atoms. The van der Waals surface area contributed by atoms with Crippen LogP contribution >= 0.6 is 0 Å². The lowest BCUT2D eigenvalue weighted by Crippen LogP contribution is -2.29. The maximum atomic E-state index is 13.4. The van der Waals surface area contributed by atoms with Gasteiger partial charge in [-0.1, -0.05) is 25.8 Å². The van der Waals surface area contributed by atoms with Crippen molar-refractivity contribution in [3.63, 3.8) is 0 Å². The Morgan fingerprint density at radius 3 is 2.52 bits per heavy atom. The second-order valence-electron chi connectivity index (χ2n) is 5.93. The van der Waals surface area contributed by atoms with Crippen molar-refractivity contribution in [3.8, 4) is 0 Å². The Kier molecular flexibility index (Phi) is 4.91. The van der Waals surface area contributed by atoms with Crippen molar-refractivity contribution in [2.75, 3.05) is 6.54 Å². The Morgan fingerprint density at radius 2 is 1.95 bits per heavy atom. The van der Waals surface area contributed by atoms with Gasteiger partial charge in [-0.3, -0.25) is 0 Å². The Hall–Kier alpha value is -1.10. The third-order valence-electron chi connectivity index (χ3n) is 4.71. The number of nitrogens with two attached hydrogens (primary N) is 1. The Morgan fingerprint density at radius 1 is 1.24 bits per heavy atom. The summed E-state index contributed by atoms with van der Waals surface area (Å²) in [5.74, 6) is -0.523. The number of hydrogen-bond donors (Lipinski definition) is 1. The minimum Gasteiger partial charge on any atom is -0.330 e. The SMILES string of the molecule is CCC1CCC(CN)C(c2ccc(F)c(C(F)(F)F)c2)C1. The smallest absolute Gasteiger partial charge is 0.330 e. The van der Waals surface area contributed by atoms with E-state index in [4.69, 9.17) is 5.73 Å². The van der Waals surface area contributed by atoms with Crippen LogP contribution in [-0.4, -0.2) is 6.54 Å². The van der Waals surface area contributed by atoms with E-state index in [0.717, 1.165) is 37.8 Å². The van der Waals surface area contributed by atoms with Crippen LogP contribution in [0.2, 0.25) is 0 Å². The van der Waals surface area contributed by atoms with Crippen molar-refractivity contribution in [2.45, 2.75) is 44.7 Å². The van der Waals surface area contributed by atoms with E-state index in [1.165, 1.54) is 6.07 Å². The molecule has 3 atom stereocenters. The second-order valence-corrected chi connectivity index (χ2v) is 5.93. The van der Waals surface area contributed by atoms with Gasteiger partial charge in [0, 0.05) is 0 Å². The highest BCUT2D eigenvalue weighted by molar-refractivity contribution is 5.30. The number of rotatable bonds is 3. The zero-order valence-electron chi connectivity index (χ0n) is 12.1. The summed E-state index contributed by atoms with van der Waals surface area (Å²) in [5.41, 5.74) is 5.17. The minimum absolute atomic E-state index is 0.00426. The molecule has 1 aliphatic rings. The van der Waals surface area contributed by atoms with Crippen LogP contribution in [0.15, 0.2) is 18.2 Å². The van der Waals surface area contributed by atoms with Crippen LogP contribution < -0.4 is 5.73 Å². The predicted molar refractivity (Wildman–Crippen MR) is 74.3 cm³/mol. The van der Waals surface area contributed by atoms with Gasteiger partial charge in [-0.15, -0.1) is 0 Å². The van der Waals surface area contributed by atoms with Gasteiger partial charge in [-0.2, -0.15) is 13.2 Å². The summed E-state index contributed by atoms with van der Waals surface area (Å²) >= 11 is 0. The van der Waals surface area contributed by atoms with Gasteiger partial charge in [0.2, 0.25) is 0 Å². The third kappa shape index (κ3) is 3.57. The number of alkyl halides is 3. The van der Waals surface area contributed by atoms with Crippen molar-refractivity contribution >= 4 is 0 Å². The molecule has 3 unspecified atom stereocenters. The van der Waals surface area contributed by atoms with Crippen molar-refractivity contribution < 1.29 is 17.6 Å². The predicted octanol–water partition coefficient (Wildman–Crippen LogP) is 4.71. The molecule has 0 aromatic heterocycles. The van der Waals surface area contributed by atoms with Crippen LogP contribution in [0, 0.1) is 17.7 Å². The van der Waals surface area contributed by atoms with E-state index in [0.29, 0.717) is 18.0 Å². The molecule has 21 heavy (non-hydrogen) atoms. The van der Waals surface area contributed by atoms with Crippen LogP contribution in [-0.2, 0) is 6.18 Å². The third-order valence-corrected chi connectivity index (χ3v) is 4.71. The zero-order chi connectivity index (χ0) is 15.6. The fourth-order valence-corrected chi connectivity index (χ4v) is 3.37. The second kappa shape index (κ2) is 6.34. The molecule has 5 heteroatoms. The van der Waals surface area contributed by atoms with Gasteiger partial charge in [0.05, 0.1) is 5.56 Å². The zero-order valence-corrected chi connectivity index (χ0v) is 12.1. The maximum absolute atomic E-state index is 13.4. The fourth-order valence-electron chi connectivity index (χ4n) is 3.37. The lowest BCUT2D eigenvalue weighted by atomic mass is 9.70.